The van der Waals surface area contributed by atoms with E-state index < -0.39 is 11.7 Å². The van der Waals surface area contributed by atoms with Gasteiger partial charge in [-0.2, -0.15) is 0 Å². The highest BCUT2D eigenvalue weighted by molar-refractivity contribution is 6.30. The normalized spacial score (nSPS) is 13.2. The Balaban J connectivity index is 2.43. The van der Waals surface area contributed by atoms with E-state index in [-0.39, 0.29) is 5.97 Å². The predicted octanol–water partition coefficient (Wildman–Crippen LogP) is 3.59. The Labute approximate surface area is 113 Å². The van der Waals surface area contributed by atoms with E-state index in [9.17, 15) is 4.79 Å². The highest BCUT2D eigenvalue weighted by Gasteiger charge is 2.22. The molecule has 0 aromatic heterocycles. The van der Waals surface area contributed by atoms with Gasteiger partial charge in [-0.15, -0.1) is 0 Å². The van der Waals surface area contributed by atoms with Crippen LogP contribution in [0.1, 0.15) is 33.3 Å². The maximum Gasteiger partial charge on any atom is 0.335 e. The molecule has 1 rings (SSSR count). The molecule has 0 spiro atoms. The summed E-state index contributed by atoms with van der Waals surface area (Å²) in [5, 5.41) is 0.680. The van der Waals surface area contributed by atoms with E-state index in [0.29, 0.717) is 11.6 Å². The van der Waals surface area contributed by atoms with Gasteiger partial charge in [0.25, 0.3) is 0 Å². The SMILES string of the molecule is CC(OCc1ccc(Cl)cc1)C(=O)OC(C)(C)C. The van der Waals surface area contributed by atoms with Gasteiger partial charge in [0, 0.05) is 5.02 Å². The molecule has 0 radical (unpaired) electrons. The number of hydrogen-bond acceptors (Lipinski definition) is 3. The van der Waals surface area contributed by atoms with E-state index in [4.69, 9.17) is 21.1 Å². The molecule has 1 unspecified atom stereocenters. The van der Waals surface area contributed by atoms with Crippen LogP contribution in [0.2, 0.25) is 5.02 Å². The average molecular weight is 271 g/mol. The van der Waals surface area contributed by atoms with Crippen molar-refractivity contribution >= 4 is 17.6 Å². The molecule has 0 aliphatic heterocycles. The van der Waals surface area contributed by atoms with Gasteiger partial charge in [0.15, 0.2) is 6.10 Å². The summed E-state index contributed by atoms with van der Waals surface area (Å²) in [4.78, 5) is 11.7. The summed E-state index contributed by atoms with van der Waals surface area (Å²) in [6.07, 6.45) is -0.583. The lowest BCUT2D eigenvalue weighted by molar-refractivity contribution is -0.168. The van der Waals surface area contributed by atoms with E-state index in [1.807, 2.05) is 32.9 Å². The van der Waals surface area contributed by atoms with E-state index in [0.717, 1.165) is 5.56 Å². The first kappa shape index (κ1) is 15.0. The largest absolute Gasteiger partial charge is 0.458 e. The second-order valence-corrected chi connectivity index (χ2v) is 5.55. The maximum absolute atomic E-state index is 11.7. The van der Waals surface area contributed by atoms with Crippen molar-refractivity contribution in [2.24, 2.45) is 0 Å². The lowest BCUT2D eigenvalue weighted by Crippen LogP contribution is -2.31. The summed E-state index contributed by atoms with van der Waals surface area (Å²) >= 11 is 5.78. The minimum atomic E-state index is -0.583. The molecule has 1 aromatic rings. The van der Waals surface area contributed by atoms with Gasteiger partial charge in [-0.1, -0.05) is 23.7 Å². The fourth-order valence-electron chi connectivity index (χ4n) is 1.25. The second-order valence-electron chi connectivity index (χ2n) is 5.11. The number of esters is 1. The highest BCUT2D eigenvalue weighted by atomic mass is 35.5. The topological polar surface area (TPSA) is 35.5 Å². The number of rotatable bonds is 4. The molecule has 0 saturated heterocycles. The first-order valence-corrected chi connectivity index (χ1v) is 6.24. The molecule has 0 saturated carbocycles. The van der Waals surface area contributed by atoms with Crippen LogP contribution in [0.4, 0.5) is 0 Å². The van der Waals surface area contributed by atoms with Crippen LogP contribution in [0.5, 0.6) is 0 Å². The Bertz CT molecular complexity index is 392. The average Bonchev–Trinajstić information content (AvgIpc) is 2.25. The van der Waals surface area contributed by atoms with Crippen LogP contribution in [0, 0.1) is 0 Å². The number of halogens is 1. The lowest BCUT2D eigenvalue weighted by atomic mass is 10.2. The Hall–Kier alpha value is -1.06. The van der Waals surface area contributed by atoms with Crippen LogP contribution < -0.4 is 0 Å². The molecule has 18 heavy (non-hydrogen) atoms. The van der Waals surface area contributed by atoms with Gasteiger partial charge in [0.1, 0.15) is 5.60 Å². The summed E-state index contributed by atoms with van der Waals surface area (Å²) in [6, 6.07) is 7.31. The molecular weight excluding hydrogens is 252 g/mol. The molecule has 0 aliphatic carbocycles. The van der Waals surface area contributed by atoms with Crippen LogP contribution in [-0.2, 0) is 20.9 Å². The third-order valence-corrected chi connectivity index (χ3v) is 2.40. The zero-order valence-electron chi connectivity index (χ0n) is 11.2. The van der Waals surface area contributed by atoms with Crippen molar-refractivity contribution in [2.45, 2.75) is 46.0 Å². The van der Waals surface area contributed by atoms with Crippen molar-refractivity contribution in [3.8, 4) is 0 Å². The fraction of sp³-hybridized carbons (Fsp3) is 0.500. The lowest BCUT2D eigenvalue weighted by Gasteiger charge is -2.22. The molecule has 0 fully saturated rings. The van der Waals surface area contributed by atoms with Crippen molar-refractivity contribution in [1.82, 2.24) is 0 Å². The minimum absolute atomic E-state index is 0.350. The molecule has 0 aliphatic rings. The molecule has 0 amide bonds. The Morgan fingerprint density at radius 3 is 2.33 bits per heavy atom. The van der Waals surface area contributed by atoms with E-state index in [1.54, 1.807) is 19.1 Å². The quantitative estimate of drug-likeness (QED) is 0.785. The fourth-order valence-corrected chi connectivity index (χ4v) is 1.38. The zero-order valence-corrected chi connectivity index (χ0v) is 12.0. The van der Waals surface area contributed by atoms with E-state index in [1.165, 1.54) is 0 Å². The Morgan fingerprint density at radius 1 is 1.28 bits per heavy atom. The third kappa shape index (κ3) is 5.52. The highest BCUT2D eigenvalue weighted by Crippen LogP contribution is 2.13. The van der Waals surface area contributed by atoms with Crippen molar-refractivity contribution < 1.29 is 14.3 Å². The van der Waals surface area contributed by atoms with E-state index in [2.05, 4.69) is 0 Å². The van der Waals surface area contributed by atoms with Crippen LogP contribution in [0.3, 0.4) is 0 Å². The second kappa shape index (κ2) is 6.21. The first-order chi connectivity index (χ1) is 8.28. The van der Waals surface area contributed by atoms with E-state index >= 15 is 0 Å². The number of benzene rings is 1. The summed E-state index contributed by atoms with van der Waals surface area (Å²) in [5.41, 5.74) is 0.476. The predicted molar refractivity (Wildman–Crippen MR) is 71.5 cm³/mol. The minimum Gasteiger partial charge on any atom is -0.458 e. The van der Waals surface area contributed by atoms with Gasteiger partial charge >= 0.3 is 5.97 Å². The van der Waals surface area contributed by atoms with Gasteiger partial charge in [0.2, 0.25) is 0 Å². The van der Waals surface area contributed by atoms with Gasteiger partial charge in [-0.3, -0.25) is 0 Å². The Kier molecular flexibility index (Phi) is 5.17. The van der Waals surface area contributed by atoms with Crippen LogP contribution in [0.15, 0.2) is 24.3 Å². The molecule has 0 bridgehead atoms. The van der Waals surface area contributed by atoms with Gasteiger partial charge in [0.05, 0.1) is 6.61 Å². The number of carbonyl (C=O) groups is 1. The maximum atomic E-state index is 11.7. The number of ether oxygens (including phenoxy) is 2. The summed E-state index contributed by atoms with van der Waals surface area (Å²) < 4.78 is 10.7. The summed E-state index contributed by atoms with van der Waals surface area (Å²) in [6.45, 7) is 7.53. The van der Waals surface area contributed by atoms with Crippen molar-refractivity contribution in [2.75, 3.05) is 0 Å². The molecule has 4 heteroatoms. The molecule has 0 heterocycles. The van der Waals surface area contributed by atoms with Crippen LogP contribution >= 0.6 is 11.6 Å². The third-order valence-electron chi connectivity index (χ3n) is 2.15. The molecule has 100 valence electrons. The summed E-state index contributed by atoms with van der Waals surface area (Å²) in [5.74, 6) is -0.350. The summed E-state index contributed by atoms with van der Waals surface area (Å²) in [7, 11) is 0. The van der Waals surface area contributed by atoms with Crippen molar-refractivity contribution in [3.05, 3.63) is 34.9 Å². The first-order valence-electron chi connectivity index (χ1n) is 5.87. The van der Waals surface area contributed by atoms with Gasteiger partial charge < -0.3 is 9.47 Å². The number of hydrogen-bond donors (Lipinski definition) is 0. The standard InChI is InChI=1S/C14H19ClO3/c1-10(13(16)18-14(2,3)4)17-9-11-5-7-12(15)8-6-11/h5-8,10H,9H2,1-4H3. The number of carbonyl (C=O) groups excluding carboxylic acids is 1. The van der Waals surface area contributed by atoms with Crippen molar-refractivity contribution in [1.29, 1.82) is 0 Å². The smallest absolute Gasteiger partial charge is 0.335 e. The van der Waals surface area contributed by atoms with Crippen LogP contribution in [-0.4, -0.2) is 17.7 Å². The van der Waals surface area contributed by atoms with Crippen LogP contribution in [0.25, 0.3) is 0 Å². The Morgan fingerprint density at radius 2 is 1.83 bits per heavy atom. The molecule has 3 nitrogen and oxygen atoms in total. The molecule has 1 atom stereocenters. The zero-order chi connectivity index (χ0) is 13.8. The molecule has 1 aromatic carbocycles. The molecule has 0 N–H and O–H groups in total. The molecular formula is C14H19ClO3. The monoisotopic (exact) mass is 270 g/mol. The van der Waals surface area contributed by atoms with Gasteiger partial charge in [-0.25, -0.2) is 4.79 Å². The van der Waals surface area contributed by atoms with Gasteiger partial charge in [-0.05, 0) is 45.4 Å². The van der Waals surface area contributed by atoms with Crippen molar-refractivity contribution in [3.63, 3.8) is 0 Å².